The molecular formula is C23H19N3O5S. The maximum absolute atomic E-state index is 12.9. The number of carbonyl (C=O) groups excluding carboxylic acids is 3. The SMILES string of the molecule is O=C1CCC(N2Cc3cc(NS(=O)(=O)c4ccc5ccccc5c4)ccc3C2=O)C(=O)N1. The van der Waals surface area contributed by atoms with Gasteiger partial charge in [-0.2, -0.15) is 0 Å². The lowest BCUT2D eigenvalue weighted by Gasteiger charge is -2.29. The van der Waals surface area contributed by atoms with Crippen LogP contribution in [0, 0.1) is 0 Å². The van der Waals surface area contributed by atoms with Gasteiger partial charge in [0, 0.05) is 24.2 Å². The van der Waals surface area contributed by atoms with Crippen LogP contribution in [0.1, 0.15) is 28.8 Å². The third kappa shape index (κ3) is 3.50. The predicted octanol–water partition coefficient (Wildman–Crippen LogP) is 2.40. The number of piperidine rings is 1. The Morgan fingerprint density at radius 3 is 2.50 bits per heavy atom. The minimum atomic E-state index is -3.83. The van der Waals surface area contributed by atoms with Crippen LogP contribution in [-0.4, -0.2) is 37.1 Å². The Kier molecular flexibility index (Phi) is 4.70. The molecule has 9 heteroatoms. The lowest BCUT2D eigenvalue weighted by molar-refractivity contribution is -0.136. The fraction of sp³-hybridized carbons (Fsp3) is 0.174. The summed E-state index contributed by atoms with van der Waals surface area (Å²) >= 11 is 0. The van der Waals surface area contributed by atoms with E-state index >= 15 is 0 Å². The summed E-state index contributed by atoms with van der Waals surface area (Å²) in [6.07, 6.45) is 0.444. The lowest BCUT2D eigenvalue weighted by Crippen LogP contribution is -2.52. The Balaban J connectivity index is 1.39. The first-order valence-corrected chi connectivity index (χ1v) is 11.6. The van der Waals surface area contributed by atoms with Crippen LogP contribution in [0.15, 0.2) is 65.6 Å². The van der Waals surface area contributed by atoms with Crippen LogP contribution in [0.5, 0.6) is 0 Å². The van der Waals surface area contributed by atoms with Gasteiger partial charge < -0.3 is 4.90 Å². The van der Waals surface area contributed by atoms with Crippen molar-refractivity contribution in [3.05, 3.63) is 71.8 Å². The van der Waals surface area contributed by atoms with E-state index in [1.165, 1.54) is 11.0 Å². The van der Waals surface area contributed by atoms with E-state index in [0.29, 0.717) is 16.8 Å². The number of nitrogens with one attached hydrogen (secondary N) is 2. The number of sulfonamides is 1. The van der Waals surface area contributed by atoms with E-state index in [4.69, 9.17) is 0 Å². The number of hydrogen-bond donors (Lipinski definition) is 2. The zero-order chi connectivity index (χ0) is 22.5. The average molecular weight is 449 g/mol. The number of carbonyl (C=O) groups is 3. The van der Waals surface area contributed by atoms with Crippen molar-refractivity contribution in [3.63, 3.8) is 0 Å². The number of hydrogen-bond acceptors (Lipinski definition) is 5. The number of amides is 3. The third-order valence-electron chi connectivity index (χ3n) is 5.81. The van der Waals surface area contributed by atoms with Crippen molar-refractivity contribution in [2.24, 2.45) is 0 Å². The highest BCUT2D eigenvalue weighted by atomic mass is 32.2. The van der Waals surface area contributed by atoms with Crippen LogP contribution < -0.4 is 10.0 Å². The molecule has 2 aliphatic rings. The first-order valence-electron chi connectivity index (χ1n) is 10.1. The van der Waals surface area contributed by atoms with Crippen LogP contribution in [0.4, 0.5) is 5.69 Å². The largest absolute Gasteiger partial charge is 0.322 e. The minimum Gasteiger partial charge on any atom is -0.322 e. The molecule has 3 aromatic rings. The summed E-state index contributed by atoms with van der Waals surface area (Å²) < 4.78 is 28.4. The molecule has 0 saturated carbocycles. The van der Waals surface area contributed by atoms with Crippen LogP contribution in [0.3, 0.4) is 0 Å². The molecule has 2 aliphatic heterocycles. The van der Waals surface area contributed by atoms with Gasteiger partial charge in [-0.15, -0.1) is 0 Å². The summed E-state index contributed by atoms with van der Waals surface area (Å²) in [5.74, 6) is -1.14. The topological polar surface area (TPSA) is 113 Å². The van der Waals surface area contributed by atoms with Gasteiger partial charge in [0.2, 0.25) is 11.8 Å². The van der Waals surface area contributed by atoms with E-state index < -0.39 is 22.0 Å². The van der Waals surface area contributed by atoms with E-state index in [9.17, 15) is 22.8 Å². The number of fused-ring (bicyclic) bond motifs is 2. The van der Waals surface area contributed by atoms with Crippen molar-refractivity contribution >= 4 is 44.2 Å². The third-order valence-corrected chi connectivity index (χ3v) is 7.19. The fourth-order valence-corrected chi connectivity index (χ4v) is 5.27. The van der Waals surface area contributed by atoms with Gasteiger partial charge in [0.05, 0.1) is 4.90 Å². The molecule has 3 aromatic carbocycles. The molecule has 0 radical (unpaired) electrons. The Hall–Kier alpha value is -3.72. The van der Waals surface area contributed by atoms with Crippen molar-refractivity contribution in [2.75, 3.05) is 4.72 Å². The summed E-state index contributed by atoms with van der Waals surface area (Å²) in [7, 11) is -3.83. The molecule has 0 spiro atoms. The Bertz CT molecular complexity index is 1400. The molecule has 2 N–H and O–H groups in total. The Morgan fingerprint density at radius 1 is 0.938 bits per heavy atom. The van der Waals surface area contributed by atoms with Gasteiger partial charge in [-0.1, -0.05) is 30.3 Å². The van der Waals surface area contributed by atoms with E-state index in [2.05, 4.69) is 10.0 Å². The monoisotopic (exact) mass is 449 g/mol. The van der Waals surface area contributed by atoms with Crippen LogP contribution in [0.25, 0.3) is 10.8 Å². The first-order chi connectivity index (χ1) is 15.3. The number of anilines is 1. The van der Waals surface area contributed by atoms with Crippen molar-refractivity contribution < 1.29 is 22.8 Å². The number of benzene rings is 3. The first kappa shape index (κ1) is 20.2. The summed E-state index contributed by atoms with van der Waals surface area (Å²) in [6.45, 7) is 0.173. The number of rotatable bonds is 4. The average Bonchev–Trinajstić information content (AvgIpc) is 3.08. The molecular weight excluding hydrogens is 430 g/mol. The molecule has 2 heterocycles. The van der Waals surface area contributed by atoms with Gasteiger partial charge in [-0.3, -0.25) is 24.4 Å². The molecule has 0 bridgehead atoms. The van der Waals surface area contributed by atoms with E-state index in [0.717, 1.165) is 10.8 Å². The Morgan fingerprint density at radius 2 is 1.72 bits per heavy atom. The molecule has 162 valence electrons. The standard InChI is InChI=1S/C23H19N3O5S/c27-21-10-9-20(22(28)24-21)26-13-16-11-17(6-8-19(16)23(26)29)25-32(30,31)18-7-5-14-3-1-2-4-15(14)12-18/h1-8,11-12,20,25H,9-10,13H2,(H,24,27,28). The number of imide groups is 1. The van der Waals surface area contributed by atoms with Crippen LogP contribution in [0.2, 0.25) is 0 Å². The molecule has 1 saturated heterocycles. The van der Waals surface area contributed by atoms with Crippen molar-refractivity contribution in [3.8, 4) is 0 Å². The van der Waals surface area contributed by atoms with Crippen molar-refractivity contribution in [2.45, 2.75) is 30.3 Å². The summed E-state index contributed by atoms with van der Waals surface area (Å²) in [5, 5.41) is 4.02. The number of nitrogens with zero attached hydrogens (tertiary/aromatic N) is 1. The second-order valence-corrected chi connectivity index (χ2v) is 9.57. The summed E-state index contributed by atoms with van der Waals surface area (Å²) in [6, 6.07) is 16.4. The van der Waals surface area contributed by atoms with Gasteiger partial charge in [-0.25, -0.2) is 8.42 Å². The zero-order valence-electron chi connectivity index (χ0n) is 16.9. The second-order valence-electron chi connectivity index (χ2n) is 7.89. The van der Waals surface area contributed by atoms with Gasteiger partial charge in [-0.05, 0) is 53.1 Å². The zero-order valence-corrected chi connectivity index (χ0v) is 17.7. The predicted molar refractivity (Wildman–Crippen MR) is 117 cm³/mol. The minimum absolute atomic E-state index is 0.137. The van der Waals surface area contributed by atoms with E-state index in [1.807, 2.05) is 24.3 Å². The fourth-order valence-electron chi connectivity index (χ4n) is 4.19. The molecule has 1 unspecified atom stereocenters. The van der Waals surface area contributed by atoms with Gasteiger partial charge in [0.25, 0.3) is 15.9 Å². The van der Waals surface area contributed by atoms with E-state index in [1.54, 1.807) is 30.3 Å². The molecule has 3 amide bonds. The molecule has 32 heavy (non-hydrogen) atoms. The second kappa shape index (κ2) is 7.45. The molecule has 5 rings (SSSR count). The highest BCUT2D eigenvalue weighted by Gasteiger charge is 2.39. The van der Waals surface area contributed by atoms with E-state index in [-0.39, 0.29) is 36.1 Å². The molecule has 1 atom stereocenters. The van der Waals surface area contributed by atoms with Gasteiger partial charge in [0.1, 0.15) is 6.04 Å². The maximum Gasteiger partial charge on any atom is 0.261 e. The van der Waals surface area contributed by atoms with Crippen molar-refractivity contribution in [1.82, 2.24) is 10.2 Å². The van der Waals surface area contributed by atoms with Crippen LogP contribution in [-0.2, 0) is 26.2 Å². The molecule has 0 aromatic heterocycles. The highest BCUT2D eigenvalue weighted by Crippen LogP contribution is 2.30. The summed E-state index contributed by atoms with van der Waals surface area (Å²) in [5.41, 5.74) is 1.37. The normalized spacial score (nSPS) is 18.6. The van der Waals surface area contributed by atoms with Gasteiger partial charge >= 0.3 is 0 Å². The molecule has 1 fully saturated rings. The molecule has 0 aliphatic carbocycles. The van der Waals surface area contributed by atoms with Gasteiger partial charge in [0.15, 0.2) is 0 Å². The van der Waals surface area contributed by atoms with Crippen LogP contribution >= 0.6 is 0 Å². The lowest BCUT2D eigenvalue weighted by atomic mass is 10.0. The highest BCUT2D eigenvalue weighted by molar-refractivity contribution is 7.92. The quantitative estimate of drug-likeness (QED) is 0.594. The maximum atomic E-state index is 12.9. The molecule has 8 nitrogen and oxygen atoms in total. The van der Waals surface area contributed by atoms with Crippen molar-refractivity contribution in [1.29, 1.82) is 0 Å². The smallest absolute Gasteiger partial charge is 0.261 e. The Labute approximate surface area is 184 Å². The summed E-state index contributed by atoms with van der Waals surface area (Å²) in [4.78, 5) is 37.9.